The molecule has 14 heavy (non-hydrogen) atoms. The lowest BCUT2D eigenvalue weighted by Crippen LogP contribution is -2.24. The van der Waals surface area contributed by atoms with Crippen LogP contribution in [-0.2, 0) is 16.6 Å². The minimum atomic E-state index is -0.250. The summed E-state index contributed by atoms with van der Waals surface area (Å²) >= 11 is 0. The van der Waals surface area contributed by atoms with E-state index in [2.05, 4.69) is 10.4 Å². The van der Waals surface area contributed by atoms with E-state index in [4.69, 9.17) is 4.74 Å². The van der Waals surface area contributed by atoms with Crippen LogP contribution in [0.5, 0.6) is 0 Å². The van der Waals surface area contributed by atoms with Gasteiger partial charge in [-0.15, -0.1) is 0 Å². The fourth-order valence-corrected chi connectivity index (χ4v) is 1.55. The minimum Gasteiger partial charge on any atom is -0.461 e. The highest BCUT2D eigenvalue weighted by molar-refractivity contribution is 5.80. The van der Waals surface area contributed by atoms with Crippen molar-refractivity contribution >= 4 is 11.8 Å². The first kappa shape index (κ1) is 9.05. The molecule has 1 aromatic rings. The van der Waals surface area contributed by atoms with E-state index in [1.807, 2.05) is 26.2 Å². The molecule has 0 bridgehead atoms. The van der Waals surface area contributed by atoms with Crippen molar-refractivity contribution in [3.05, 3.63) is 12.3 Å². The number of hydrogen-bond acceptors (Lipinski definition) is 4. The third kappa shape index (κ3) is 1.71. The van der Waals surface area contributed by atoms with Crippen LogP contribution < -0.4 is 5.32 Å². The Balaban J connectivity index is 2.01. The maximum absolute atomic E-state index is 11.3. The summed E-state index contributed by atoms with van der Waals surface area (Å²) in [6.07, 6.45) is 2.53. The predicted molar refractivity (Wildman–Crippen MR) is 50.8 cm³/mol. The van der Waals surface area contributed by atoms with Gasteiger partial charge in [-0.25, -0.2) is 4.79 Å². The monoisotopic (exact) mass is 195 g/mol. The highest BCUT2D eigenvalue weighted by atomic mass is 16.6. The maximum Gasteiger partial charge on any atom is 0.329 e. The molecule has 2 unspecified atom stereocenters. The van der Waals surface area contributed by atoms with Gasteiger partial charge in [0.15, 0.2) is 0 Å². The number of anilines is 1. The molecular formula is C9H13N3O2. The molecular weight excluding hydrogens is 182 g/mol. The number of rotatable bonds is 2. The van der Waals surface area contributed by atoms with Crippen LogP contribution in [-0.4, -0.2) is 27.9 Å². The summed E-state index contributed by atoms with van der Waals surface area (Å²) in [6, 6.07) is 1.58. The van der Waals surface area contributed by atoms with Crippen molar-refractivity contribution in [1.82, 2.24) is 9.78 Å². The highest BCUT2D eigenvalue weighted by Gasteiger charge is 2.31. The molecule has 2 rings (SSSR count). The van der Waals surface area contributed by atoms with Gasteiger partial charge in [-0.05, 0) is 6.92 Å². The molecule has 0 radical (unpaired) electrons. The Hall–Kier alpha value is -1.52. The topological polar surface area (TPSA) is 56.2 Å². The Labute approximate surface area is 82.0 Å². The number of nitrogens with one attached hydrogen (secondary N) is 1. The first-order valence-corrected chi connectivity index (χ1v) is 4.62. The molecule has 2 heterocycles. The van der Waals surface area contributed by atoms with E-state index >= 15 is 0 Å². The Morgan fingerprint density at radius 1 is 1.71 bits per heavy atom. The van der Waals surface area contributed by atoms with Gasteiger partial charge in [-0.1, -0.05) is 0 Å². The third-order valence-electron chi connectivity index (χ3n) is 2.21. The number of nitrogens with zero attached hydrogens (tertiary/aromatic N) is 2. The Bertz CT molecular complexity index is 348. The Kier molecular flexibility index (Phi) is 2.15. The van der Waals surface area contributed by atoms with Crippen molar-refractivity contribution in [2.75, 3.05) is 5.32 Å². The van der Waals surface area contributed by atoms with Gasteiger partial charge in [0.2, 0.25) is 0 Å². The molecule has 2 atom stereocenters. The average molecular weight is 195 g/mol. The summed E-state index contributed by atoms with van der Waals surface area (Å²) in [7, 11) is 1.83. The van der Waals surface area contributed by atoms with Gasteiger partial charge in [0.05, 0.1) is 0 Å². The molecule has 0 aromatic carbocycles. The van der Waals surface area contributed by atoms with E-state index in [0.717, 1.165) is 0 Å². The number of esters is 1. The second-order valence-electron chi connectivity index (χ2n) is 3.55. The fourth-order valence-electron chi connectivity index (χ4n) is 1.55. The number of hydrogen-bond donors (Lipinski definition) is 1. The number of ether oxygens (including phenoxy) is 1. The molecule has 0 spiro atoms. The summed E-state index contributed by atoms with van der Waals surface area (Å²) in [5.74, 6) is 0.520. The molecule has 76 valence electrons. The highest BCUT2D eigenvalue weighted by Crippen LogP contribution is 2.17. The van der Waals surface area contributed by atoms with Gasteiger partial charge < -0.3 is 10.1 Å². The Morgan fingerprint density at radius 2 is 2.50 bits per heavy atom. The van der Waals surface area contributed by atoms with Gasteiger partial charge in [0, 0.05) is 25.7 Å². The van der Waals surface area contributed by atoms with Crippen molar-refractivity contribution in [1.29, 1.82) is 0 Å². The number of carbonyl (C=O) groups excluding carboxylic acids is 1. The summed E-state index contributed by atoms with van der Waals surface area (Å²) in [5.41, 5.74) is 0. The molecule has 0 amide bonds. The molecule has 1 aliphatic rings. The van der Waals surface area contributed by atoms with Gasteiger partial charge in [0.1, 0.15) is 18.0 Å². The van der Waals surface area contributed by atoms with E-state index in [1.54, 1.807) is 4.68 Å². The summed E-state index contributed by atoms with van der Waals surface area (Å²) in [6.45, 7) is 1.89. The van der Waals surface area contributed by atoms with Gasteiger partial charge in [-0.2, -0.15) is 5.10 Å². The van der Waals surface area contributed by atoms with Crippen molar-refractivity contribution in [2.45, 2.75) is 25.5 Å². The number of aryl methyl sites for hydroxylation is 1. The van der Waals surface area contributed by atoms with Crippen molar-refractivity contribution in [2.24, 2.45) is 7.05 Å². The van der Waals surface area contributed by atoms with Crippen LogP contribution in [0.15, 0.2) is 12.3 Å². The first-order valence-electron chi connectivity index (χ1n) is 4.62. The Morgan fingerprint density at radius 3 is 3.00 bits per heavy atom. The minimum absolute atomic E-state index is 0.00344. The second-order valence-corrected chi connectivity index (χ2v) is 3.55. The van der Waals surface area contributed by atoms with Gasteiger partial charge in [-0.3, -0.25) is 4.68 Å². The lowest BCUT2D eigenvalue weighted by Gasteiger charge is -2.05. The maximum atomic E-state index is 11.3. The SMILES string of the molecule is CC1CC(Nc2ccn(C)n2)C(=O)O1. The zero-order valence-electron chi connectivity index (χ0n) is 8.23. The first-order chi connectivity index (χ1) is 6.65. The van der Waals surface area contributed by atoms with Crippen LogP contribution in [0.2, 0.25) is 0 Å². The van der Waals surface area contributed by atoms with E-state index in [-0.39, 0.29) is 18.1 Å². The molecule has 0 aliphatic carbocycles. The normalized spacial score (nSPS) is 26.3. The third-order valence-corrected chi connectivity index (χ3v) is 2.21. The standard InChI is InChI=1S/C9H13N3O2/c1-6-5-7(9(13)14-6)10-8-3-4-12(2)11-8/h3-4,6-7H,5H2,1-2H3,(H,10,11). The van der Waals surface area contributed by atoms with Crippen molar-refractivity contribution < 1.29 is 9.53 Å². The van der Waals surface area contributed by atoms with Crippen molar-refractivity contribution in [3.8, 4) is 0 Å². The van der Waals surface area contributed by atoms with Crippen LogP contribution in [0.4, 0.5) is 5.82 Å². The lowest BCUT2D eigenvalue weighted by atomic mass is 10.2. The zero-order valence-corrected chi connectivity index (χ0v) is 8.23. The second kappa shape index (κ2) is 3.32. The number of carbonyl (C=O) groups is 1. The van der Waals surface area contributed by atoms with Crippen LogP contribution >= 0.6 is 0 Å². The zero-order chi connectivity index (χ0) is 10.1. The lowest BCUT2D eigenvalue weighted by molar-refractivity contribution is -0.141. The molecule has 0 saturated carbocycles. The molecule has 5 heteroatoms. The number of cyclic esters (lactones) is 1. The molecule has 5 nitrogen and oxygen atoms in total. The largest absolute Gasteiger partial charge is 0.461 e. The molecule has 1 aromatic heterocycles. The summed E-state index contributed by atoms with van der Waals surface area (Å²) in [4.78, 5) is 11.3. The molecule has 1 aliphatic heterocycles. The fraction of sp³-hybridized carbons (Fsp3) is 0.556. The van der Waals surface area contributed by atoms with Crippen LogP contribution in [0.3, 0.4) is 0 Å². The van der Waals surface area contributed by atoms with Crippen LogP contribution in [0.1, 0.15) is 13.3 Å². The van der Waals surface area contributed by atoms with Gasteiger partial charge in [0.25, 0.3) is 0 Å². The van der Waals surface area contributed by atoms with E-state index in [9.17, 15) is 4.79 Å². The summed E-state index contributed by atoms with van der Waals surface area (Å²) < 4.78 is 6.70. The van der Waals surface area contributed by atoms with Crippen molar-refractivity contribution in [3.63, 3.8) is 0 Å². The van der Waals surface area contributed by atoms with E-state index < -0.39 is 0 Å². The van der Waals surface area contributed by atoms with Gasteiger partial charge >= 0.3 is 5.97 Å². The summed E-state index contributed by atoms with van der Waals surface area (Å²) in [5, 5.41) is 7.17. The average Bonchev–Trinajstić information content (AvgIpc) is 2.61. The quantitative estimate of drug-likeness (QED) is 0.700. The van der Waals surface area contributed by atoms with Crippen LogP contribution in [0.25, 0.3) is 0 Å². The molecule has 1 saturated heterocycles. The number of aromatic nitrogens is 2. The van der Waals surface area contributed by atoms with E-state index in [0.29, 0.717) is 12.2 Å². The molecule has 1 N–H and O–H groups in total. The smallest absolute Gasteiger partial charge is 0.329 e. The predicted octanol–water partition coefficient (Wildman–Crippen LogP) is 0.536. The van der Waals surface area contributed by atoms with Crippen LogP contribution in [0, 0.1) is 0 Å². The molecule has 1 fully saturated rings. The van der Waals surface area contributed by atoms with E-state index in [1.165, 1.54) is 0 Å².